The second-order valence-electron chi connectivity index (χ2n) is 8.80. The Hall–Kier alpha value is -3.50. The molecule has 2 atom stereocenters. The van der Waals surface area contributed by atoms with Crippen LogP contribution < -0.4 is 4.90 Å². The van der Waals surface area contributed by atoms with Crippen molar-refractivity contribution in [1.29, 1.82) is 0 Å². The van der Waals surface area contributed by atoms with Crippen molar-refractivity contribution in [2.24, 2.45) is 7.05 Å². The molecule has 35 heavy (non-hydrogen) atoms. The zero-order valence-electron chi connectivity index (χ0n) is 20.6. The third-order valence-corrected chi connectivity index (χ3v) is 5.44. The average Bonchev–Trinajstić information content (AvgIpc) is 3.22. The van der Waals surface area contributed by atoms with Crippen molar-refractivity contribution in [2.45, 2.75) is 51.7 Å². The number of anilines is 2. The Morgan fingerprint density at radius 2 is 1.89 bits per heavy atom. The maximum Gasteiger partial charge on any atom is 0.232 e. The monoisotopic (exact) mass is 482 g/mol. The number of benzene rings is 1. The summed E-state index contributed by atoms with van der Waals surface area (Å²) in [4.78, 5) is 26.8. The Balaban J connectivity index is 2.09. The fourth-order valence-corrected chi connectivity index (χ4v) is 3.72. The third-order valence-electron chi connectivity index (χ3n) is 5.44. The Bertz CT molecular complexity index is 1190. The lowest BCUT2D eigenvalue weighted by Crippen LogP contribution is -2.20. The molecule has 0 spiro atoms. The number of ketones is 1. The highest BCUT2D eigenvalue weighted by molar-refractivity contribution is 5.76. The normalized spacial score (nSPS) is 13.4. The number of Topliss-reactive ketones (excluding diaryl/α,β-unsaturated/α-hetero) is 1. The summed E-state index contributed by atoms with van der Waals surface area (Å²) in [7, 11) is 3.55. The molecule has 1 aromatic carbocycles. The summed E-state index contributed by atoms with van der Waals surface area (Å²) in [5, 5.41) is 24.6. The first-order valence-electron chi connectivity index (χ1n) is 11.4. The molecule has 3 aromatic rings. The third kappa shape index (κ3) is 6.55. The Kier molecular flexibility index (Phi) is 8.42. The molecule has 0 bridgehead atoms. The molecule has 0 radical (unpaired) electrons. The van der Waals surface area contributed by atoms with Gasteiger partial charge >= 0.3 is 0 Å². The quantitative estimate of drug-likeness (QED) is 0.452. The number of halogens is 1. The van der Waals surface area contributed by atoms with Crippen molar-refractivity contribution in [3.05, 3.63) is 53.7 Å². The first-order valence-corrected chi connectivity index (χ1v) is 11.4. The van der Waals surface area contributed by atoms with Crippen LogP contribution in [-0.4, -0.2) is 60.0 Å². The topological polar surface area (TPSA) is 117 Å². The maximum absolute atomic E-state index is 13.7. The van der Waals surface area contributed by atoms with Gasteiger partial charge in [0.05, 0.1) is 23.6 Å². The molecular formula is C25H31FN6O3. The number of nitrogens with zero attached hydrogens (tertiary/aromatic N) is 6. The van der Waals surface area contributed by atoms with Gasteiger partial charge in [-0.1, -0.05) is 26.0 Å². The van der Waals surface area contributed by atoms with E-state index in [-0.39, 0.29) is 30.4 Å². The van der Waals surface area contributed by atoms with Gasteiger partial charge in [-0.15, -0.1) is 0 Å². The molecule has 10 heteroatoms. The summed E-state index contributed by atoms with van der Waals surface area (Å²) >= 11 is 0. The molecule has 9 nitrogen and oxygen atoms in total. The smallest absolute Gasteiger partial charge is 0.232 e. The van der Waals surface area contributed by atoms with E-state index in [1.807, 2.05) is 13.8 Å². The molecule has 186 valence electrons. The van der Waals surface area contributed by atoms with E-state index in [1.54, 1.807) is 48.0 Å². The number of aryl methyl sites for hydroxylation is 1. The van der Waals surface area contributed by atoms with Crippen LogP contribution in [0.3, 0.4) is 0 Å². The predicted molar refractivity (Wildman–Crippen MR) is 132 cm³/mol. The molecule has 0 unspecified atom stereocenters. The zero-order chi connectivity index (χ0) is 25.7. The molecule has 0 aliphatic heterocycles. The van der Waals surface area contributed by atoms with Crippen LogP contribution in [0.1, 0.15) is 50.8 Å². The van der Waals surface area contributed by atoms with Crippen LogP contribution in [0.15, 0.2) is 36.7 Å². The minimum atomic E-state index is -0.980. The van der Waals surface area contributed by atoms with Crippen LogP contribution >= 0.6 is 0 Å². The van der Waals surface area contributed by atoms with Crippen LogP contribution in [0.5, 0.6) is 0 Å². The van der Waals surface area contributed by atoms with Gasteiger partial charge in [-0.05, 0) is 37.1 Å². The number of aromatic nitrogens is 5. The number of aliphatic hydroxyl groups is 2. The number of carbonyl (C=O) groups excluding carboxylic acids is 1. The first-order chi connectivity index (χ1) is 16.6. The molecule has 2 aromatic heterocycles. The second-order valence-corrected chi connectivity index (χ2v) is 8.80. The molecule has 0 aliphatic rings. The van der Waals surface area contributed by atoms with Crippen LogP contribution in [0.4, 0.5) is 16.3 Å². The number of carbonyl (C=O) groups is 1. The standard InChI is InChI=1S/C25H31FN6O3/c1-15(2)22-21(11-10-19(34)13-20(35)12-16(3)33)23(17-6-8-18(26)9-7-17)30-24(29-22)31(4)25-27-14-28-32(25)5/h6-11,14-15,19-20,34-35H,12-13H2,1-5H3/b11-10+/t19-,20+/m1/s1. The Labute approximate surface area is 204 Å². The van der Waals surface area contributed by atoms with Crippen molar-refractivity contribution in [2.75, 3.05) is 11.9 Å². The molecular weight excluding hydrogens is 451 g/mol. The van der Waals surface area contributed by atoms with Crippen molar-refractivity contribution in [3.63, 3.8) is 0 Å². The van der Waals surface area contributed by atoms with Crippen molar-refractivity contribution in [3.8, 4) is 11.3 Å². The van der Waals surface area contributed by atoms with Crippen LogP contribution in [-0.2, 0) is 11.8 Å². The average molecular weight is 483 g/mol. The van der Waals surface area contributed by atoms with Gasteiger partial charge in [0.2, 0.25) is 11.9 Å². The van der Waals surface area contributed by atoms with Crippen LogP contribution in [0, 0.1) is 5.82 Å². The highest BCUT2D eigenvalue weighted by Crippen LogP contribution is 2.32. The van der Waals surface area contributed by atoms with Gasteiger partial charge in [0.1, 0.15) is 17.9 Å². The van der Waals surface area contributed by atoms with Gasteiger partial charge in [0.25, 0.3) is 0 Å². The van der Waals surface area contributed by atoms with Gasteiger partial charge in [0.15, 0.2) is 0 Å². The molecule has 0 saturated carbocycles. The Morgan fingerprint density at radius 1 is 1.20 bits per heavy atom. The van der Waals surface area contributed by atoms with E-state index < -0.39 is 12.2 Å². The Morgan fingerprint density at radius 3 is 2.46 bits per heavy atom. The summed E-state index contributed by atoms with van der Waals surface area (Å²) in [6.45, 7) is 5.38. The molecule has 2 heterocycles. The number of rotatable bonds is 10. The number of hydrogen-bond acceptors (Lipinski definition) is 8. The summed E-state index contributed by atoms with van der Waals surface area (Å²) in [5.74, 6) is 0.409. The minimum absolute atomic E-state index is 0.0102. The molecule has 2 N–H and O–H groups in total. The predicted octanol–water partition coefficient (Wildman–Crippen LogP) is 3.41. The van der Waals surface area contributed by atoms with Gasteiger partial charge in [0, 0.05) is 38.1 Å². The lowest BCUT2D eigenvalue weighted by molar-refractivity contribution is -0.119. The van der Waals surface area contributed by atoms with Crippen molar-refractivity contribution < 1.29 is 19.4 Å². The van der Waals surface area contributed by atoms with Gasteiger partial charge in [-0.25, -0.2) is 19.0 Å². The second kappa shape index (κ2) is 11.3. The van der Waals surface area contributed by atoms with Crippen molar-refractivity contribution in [1.82, 2.24) is 24.7 Å². The molecule has 0 amide bonds. The van der Waals surface area contributed by atoms with Crippen molar-refractivity contribution >= 4 is 23.8 Å². The number of hydrogen-bond donors (Lipinski definition) is 2. The van der Waals surface area contributed by atoms with E-state index >= 15 is 0 Å². The zero-order valence-corrected chi connectivity index (χ0v) is 20.6. The van der Waals surface area contributed by atoms with E-state index in [4.69, 9.17) is 9.97 Å². The van der Waals surface area contributed by atoms with E-state index in [0.29, 0.717) is 28.7 Å². The summed E-state index contributed by atoms with van der Waals surface area (Å²) < 4.78 is 15.3. The summed E-state index contributed by atoms with van der Waals surface area (Å²) in [6.07, 6.45) is 2.79. The lowest BCUT2D eigenvalue weighted by Gasteiger charge is -2.21. The molecule has 0 saturated heterocycles. The van der Waals surface area contributed by atoms with Crippen LogP contribution in [0.2, 0.25) is 0 Å². The largest absolute Gasteiger partial charge is 0.393 e. The fraction of sp³-hybridized carbons (Fsp3) is 0.400. The van der Waals surface area contributed by atoms with Gasteiger partial charge < -0.3 is 10.2 Å². The SMILES string of the molecule is CC(=O)C[C@H](O)C[C@H](O)/C=C/c1c(-c2ccc(F)cc2)nc(N(C)c2ncnn2C)nc1C(C)C. The summed E-state index contributed by atoms with van der Waals surface area (Å²) in [6, 6.07) is 5.99. The fourth-order valence-electron chi connectivity index (χ4n) is 3.72. The highest BCUT2D eigenvalue weighted by Gasteiger charge is 2.21. The van der Waals surface area contributed by atoms with E-state index in [9.17, 15) is 19.4 Å². The van der Waals surface area contributed by atoms with E-state index in [1.165, 1.54) is 25.4 Å². The maximum atomic E-state index is 13.7. The number of aliphatic hydroxyl groups excluding tert-OH is 2. The molecule has 3 rings (SSSR count). The molecule has 0 aliphatic carbocycles. The van der Waals surface area contributed by atoms with E-state index in [2.05, 4.69) is 10.1 Å². The van der Waals surface area contributed by atoms with Gasteiger partial charge in [-0.2, -0.15) is 10.1 Å². The van der Waals surface area contributed by atoms with E-state index in [0.717, 1.165) is 5.69 Å². The van der Waals surface area contributed by atoms with Gasteiger partial charge in [-0.3, -0.25) is 9.69 Å². The molecule has 0 fully saturated rings. The minimum Gasteiger partial charge on any atom is -0.393 e. The lowest BCUT2D eigenvalue weighted by atomic mass is 9.97. The first kappa shape index (κ1) is 26.1. The highest BCUT2D eigenvalue weighted by atomic mass is 19.1. The summed E-state index contributed by atoms with van der Waals surface area (Å²) in [5.41, 5.74) is 2.62. The van der Waals surface area contributed by atoms with Crippen LogP contribution in [0.25, 0.3) is 17.3 Å².